The van der Waals surface area contributed by atoms with Crippen molar-refractivity contribution in [1.29, 1.82) is 0 Å². The van der Waals surface area contributed by atoms with Gasteiger partial charge in [-0.2, -0.15) is 4.98 Å². The molecule has 3 rings (SSSR count). The number of anilines is 2. The number of nitrogens with zero attached hydrogens (tertiary/aromatic N) is 3. The van der Waals surface area contributed by atoms with E-state index in [1.165, 1.54) is 0 Å². The first-order chi connectivity index (χ1) is 14.0. The topological polar surface area (TPSA) is 89.7 Å². The summed E-state index contributed by atoms with van der Waals surface area (Å²) in [5.74, 6) is 1.91. The highest BCUT2D eigenvalue weighted by atomic mass is 16.5. The molecular formula is C21H24N4O4. The van der Waals surface area contributed by atoms with Gasteiger partial charge >= 0.3 is 0 Å². The van der Waals surface area contributed by atoms with E-state index in [1.54, 1.807) is 32.4 Å². The highest BCUT2D eigenvalue weighted by molar-refractivity contribution is 5.91. The van der Waals surface area contributed by atoms with Gasteiger partial charge in [-0.1, -0.05) is 5.16 Å². The smallest absolute Gasteiger partial charge is 0.227 e. The number of amides is 1. The summed E-state index contributed by atoms with van der Waals surface area (Å²) in [6.45, 7) is 0. The van der Waals surface area contributed by atoms with Crippen LogP contribution in [0.25, 0.3) is 11.4 Å². The van der Waals surface area contributed by atoms with E-state index in [2.05, 4.69) is 15.5 Å². The lowest BCUT2D eigenvalue weighted by Gasteiger charge is -2.11. The van der Waals surface area contributed by atoms with Gasteiger partial charge in [0.25, 0.3) is 0 Å². The Kier molecular flexibility index (Phi) is 6.33. The molecule has 0 saturated heterocycles. The summed E-state index contributed by atoms with van der Waals surface area (Å²) in [6, 6.07) is 13.0. The first-order valence-electron chi connectivity index (χ1n) is 9.12. The van der Waals surface area contributed by atoms with Gasteiger partial charge in [0, 0.05) is 49.9 Å². The van der Waals surface area contributed by atoms with Crippen LogP contribution in [0.2, 0.25) is 0 Å². The molecular weight excluding hydrogens is 372 g/mol. The SMILES string of the molecule is COc1ccc(NC(=O)CCc2nc(-c3ccc(N(C)C)cc3)no2)cc1OC. The van der Waals surface area contributed by atoms with Gasteiger partial charge < -0.3 is 24.2 Å². The molecule has 0 unspecified atom stereocenters. The van der Waals surface area contributed by atoms with E-state index in [1.807, 2.05) is 43.3 Å². The van der Waals surface area contributed by atoms with Crippen LogP contribution in [0.1, 0.15) is 12.3 Å². The Morgan fingerprint density at radius 3 is 2.45 bits per heavy atom. The van der Waals surface area contributed by atoms with E-state index >= 15 is 0 Å². The second-order valence-corrected chi connectivity index (χ2v) is 6.57. The van der Waals surface area contributed by atoms with Crippen LogP contribution in [0.5, 0.6) is 11.5 Å². The standard InChI is InChI=1S/C21H24N4O4/c1-25(2)16-8-5-14(6-9-16)21-23-20(29-24-21)12-11-19(26)22-15-7-10-17(27-3)18(13-15)28-4/h5-10,13H,11-12H2,1-4H3,(H,22,26). The quantitative estimate of drug-likeness (QED) is 0.624. The maximum absolute atomic E-state index is 12.2. The number of aromatic nitrogens is 2. The van der Waals surface area contributed by atoms with Gasteiger partial charge in [-0.3, -0.25) is 4.79 Å². The lowest BCUT2D eigenvalue weighted by molar-refractivity contribution is -0.116. The number of carbonyl (C=O) groups is 1. The Morgan fingerprint density at radius 1 is 1.07 bits per heavy atom. The van der Waals surface area contributed by atoms with Gasteiger partial charge in [0.15, 0.2) is 11.5 Å². The van der Waals surface area contributed by atoms with Crippen molar-refractivity contribution in [3.63, 3.8) is 0 Å². The average Bonchev–Trinajstić information content (AvgIpc) is 3.21. The number of methoxy groups -OCH3 is 2. The molecule has 29 heavy (non-hydrogen) atoms. The van der Waals surface area contributed by atoms with Crippen molar-refractivity contribution < 1.29 is 18.8 Å². The summed E-state index contributed by atoms with van der Waals surface area (Å²) in [6.07, 6.45) is 0.567. The van der Waals surface area contributed by atoms with Gasteiger partial charge in [-0.15, -0.1) is 0 Å². The van der Waals surface area contributed by atoms with E-state index in [0.717, 1.165) is 11.3 Å². The van der Waals surface area contributed by atoms with Crippen molar-refractivity contribution in [3.8, 4) is 22.9 Å². The highest BCUT2D eigenvalue weighted by Crippen LogP contribution is 2.29. The zero-order valence-electron chi connectivity index (χ0n) is 16.9. The molecule has 0 aliphatic rings. The molecule has 8 heteroatoms. The zero-order chi connectivity index (χ0) is 20.8. The van der Waals surface area contributed by atoms with E-state index in [9.17, 15) is 4.79 Å². The summed E-state index contributed by atoms with van der Waals surface area (Å²) in [5.41, 5.74) is 2.57. The largest absolute Gasteiger partial charge is 0.493 e. The summed E-state index contributed by atoms with van der Waals surface area (Å²) in [4.78, 5) is 18.6. The third-order valence-corrected chi connectivity index (χ3v) is 4.34. The van der Waals surface area contributed by atoms with Crippen LogP contribution in [0.15, 0.2) is 47.0 Å². The van der Waals surface area contributed by atoms with Crippen molar-refractivity contribution in [2.24, 2.45) is 0 Å². The first kappa shape index (κ1) is 20.2. The summed E-state index contributed by atoms with van der Waals surface area (Å²) >= 11 is 0. The number of nitrogens with one attached hydrogen (secondary N) is 1. The molecule has 3 aromatic rings. The van der Waals surface area contributed by atoms with Gasteiger partial charge in [0.2, 0.25) is 17.6 Å². The van der Waals surface area contributed by atoms with E-state index in [4.69, 9.17) is 14.0 Å². The van der Waals surface area contributed by atoms with Gasteiger partial charge in [0.05, 0.1) is 14.2 Å². The van der Waals surface area contributed by atoms with Crippen LogP contribution < -0.4 is 19.7 Å². The van der Waals surface area contributed by atoms with E-state index < -0.39 is 0 Å². The van der Waals surface area contributed by atoms with Crippen LogP contribution in [0.3, 0.4) is 0 Å². The molecule has 1 amide bonds. The number of hydrogen-bond acceptors (Lipinski definition) is 7. The minimum atomic E-state index is -0.160. The number of benzene rings is 2. The predicted octanol–water partition coefficient (Wildman–Crippen LogP) is 3.39. The fraction of sp³-hybridized carbons (Fsp3) is 0.286. The Morgan fingerprint density at radius 2 is 1.79 bits per heavy atom. The van der Waals surface area contributed by atoms with Crippen LogP contribution in [-0.2, 0) is 11.2 Å². The van der Waals surface area contributed by atoms with Crippen molar-refractivity contribution in [3.05, 3.63) is 48.4 Å². The fourth-order valence-corrected chi connectivity index (χ4v) is 2.74. The molecule has 0 spiro atoms. The lowest BCUT2D eigenvalue weighted by Crippen LogP contribution is -2.12. The maximum Gasteiger partial charge on any atom is 0.227 e. The molecule has 0 aliphatic carbocycles. The molecule has 0 saturated carbocycles. The van der Waals surface area contributed by atoms with Gasteiger partial charge in [-0.05, 0) is 36.4 Å². The van der Waals surface area contributed by atoms with E-state index in [-0.39, 0.29) is 12.3 Å². The number of carbonyl (C=O) groups excluding carboxylic acids is 1. The predicted molar refractivity (Wildman–Crippen MR) is 111 cm³/mol. The van der Waals surface area contributed by atoms with Crippen molar-refractivity contribution in [2.75, 3.05) is 38.5 Å². The van der Waals surface area contributed by atoms with Crippen molar-refractivity contribution in [2.45, 2.75) is 12.8 Å². The Bertz CT molecular complexity index is 967. The normalized spacial score (nSPS) is 10.5. The number of aryl methyl sites for hydroxylation is 1. The Labute approximate surface area is 169 Å². The van der Waals surface area contributed by atoms with Crippen LogP contribution in [0.4, 0.5) is 11.4 Å². The molecule has 0 bridgehead atoms. The number of hydrogen-bond donors (Lipinski definition) is 1. The molecule has 0 fully saturated rings. The van der Waals surface area contributed by atoms with Gasteiger partial charge in [-0.25, -0.2) is 0 Å². The minimum Gasteiger partial charge on any atom is -0.493 e. The Hall–Kier alpha value is -3.55. The second kappa shape index (κ2) is 9.09. The Balaban J connectivity index is 1.57. The summed E-state index contributed by atoms with van der Waals surface area (Å²) in [5, 5.41) is 6.83. The first-order valence-corrected chi connectivity index (χ1v) is 9.12. The molecule has 0 aliphatic heterocycles. The molecule has 1 N–H and O–H groups in total. The third-order valence-electron chi connectivity index (χ3n) is 4.34. The van der Waals surface area contributed by atoms with Crippen molar-refractivity contribution >= 4 is 17.3 Å². The van der Waals surface area contributed by atoms with Gasteiger partial charge in [0.1, 0.15) is 0 Å². The summed E-state index contributed by atoms with van der Waals surface area (Å²) in [7, 11) is 7.07. The molecule has 152 valence electrons. The molecule has 2 aromatic carbocycles. The molecule has 1 heterocycles. The zero-order valence-corrected chi connectivity index (χ0v) is 16.9. The monoisotopic (exact) mass is 396 g/mol. The average molecular weight is 396 g/mol. The molecule has 0 radical (unpaired) electrons. The van der Waals surface area contributed by atoms with Crippen molar-refractivity contribution in [1.82, 2.24) is 10.1 Å². The molecule has 0 atom stereocenters. The van der Waals surface area contributed by atoms with E-state index in [0.29, 0.717) is 35.3 Å². The number of ether oxygens (including phenoxy) is 2. The third kappa shape index (κ3) is 5.04. The second-order valence-electron chi connectivity index (χ2n) is 6.57. The van der Waals surface area contributed by atoms with Crippen LogP contribution in [0, 0.1) is 0 Å². The summed E-state index contributed by atoms with van der Waals surface area (Å²) < 4.78 is 15.7. The molecule has 8 nitrogen and oxygen atoms in total. The fourth-order valence-electron chi connectivity index (χ4n) is 2.74. The lowest BCUT2D eigenvalue weighted by atomic mass is 10.2. The number of rotatable bonds is 8. The maximum atomic E-state index is 12.2. The van der Waals surface area contributed by atoms with Crippen LogP contribution in [-0.4, -0.2) is 44.4 Å². The highest BCUT2D eigenvalue weighted by Gasteiger charge is 2.12. The minimum absolute atomic E-state index is 0.160. The molecule has 1 aromatic heterocycles. The van der Waals surface area contributed by atoms with Crippen LogP contribution >= 0.6 is 0 Å².